The van der Waals surface area contributed by atoms with Crippen molar-refractivity contribution in [2.75, 3.05) is 6.54 Å². The number of rotatable bonds is 9. The van der Waals surface area contributed by atoms with Gasteiger partial charge in [0.05, 0.1) is 6.10 Å². The Morgan fingerprint density at radius 3 is 2.84 bits per heavy atom. The average Bonchev–Trinajstić information content (AvgIpc) is 2.86. The predicted octanol–water partition coefficient (Wildman–Crippen LogP) is 0.822. The summed E-state index contributed by atoms with van der Waals surface area (Å²) in [5.74, 6) is -0.888. The van der Waals surface area contributed by atoms with Crippen LogP contribution in [0.5, 0.6) is 0 Å². The van der Waals surface area contributed by atoms with Crippen molar-refractivity contribution in [3.63, 3.8) is 0 Å². The molecular formula is C13H22N2O3S. The van der Waals surface area contributed by atoms with Crippen molar-refractivity contribution in [1.29, 1.82) is 0 Å². The standard InChI is InChI=1S/C13H22N2O3S/c1-2-4-11(13(17)18)15-8-12(16)10(14)7-9-5-3-6-19-9/h3,5-6,10-12,15-16H,2,4,7-8,14H2,1H3,(H,17,18). The van der Waals surface area contributed by atoms with Gasteiger partial charge in [-0.05, 0) is 24.3 Å². The molecule has 0 saturated heterocycles. The number of aliphatic carboxylic acids is 1. The Labute approximate surface area is 117 Å². The van der Waals surface area contributed by atoms with Gasteiger partial charge in [-0.25, -0.2) is 0 Å². The molecule has 1 heterocycles. The molecule has 0 aliphatic rings. The van der Waals surface area contributed by atoms with Gasteiger partial charge in [-0.15, -0.1) is 11.3 Å². The van der Waals surface area contributed by atoms with E-state index in [1.54, 1.807) is 11.3 Å². The molecule has 3 atom stereocenters. The van der Waals surface area contributed by atoms with Crippen LogP contribution in [0.4, 0.5) is 0 Å². The first-order chi connectivity index (χ1) is 9.04. The molecule has 108 valence electrons. The highest BCUT2D eigenvalue weighted by Crippen LogP contribution is 2.11. The van der Waals surface area contributed by atoms with Gasteiger partial charge in [0.1, 0.15) is 6.04 Å². The lowest BCUT2D eigenvalue weighted by Gasteiger charge is -2.21. The van der Waals surface area contributed by atoms with Crippen molar-refractivity contribution in [1.82, 2.24) is 5.32 Å². The van der Waals surface area contributed by atoms with E-state index in [2.05, 4.69) is 5.32 Å². The van der Waals surface area contributed by atoms with E-state index in [-0.39, 0.29) is 12.6 Å². The summed E-state index contributed by atoms with van der Waals surface area (Å²) in [5.41, 5.74) is 5.91. The number of carboxylic acids is 1. The van der Waals surface area contributed by atoms with Gasteiger partial charge in [-0.2, -0.15) is 0 Å². The molecule has 1 aromatic rings. The average molecular weight is 286 g/mol. The third-order valence-corrected chi connectivity index (χ3v) is 3.86. The molecule has 0 saturated carbocycles. The highest BCUT2D eigenvalue weighted by atomic mass is 32.1. The minimum Gasteiger partial charge on any atom is -0.480 e. The van der Waals surface area contributed by atoms with E-state index in [1.165, 1.54) is 0 Å². The number of hydrogen-bond donors (Lipinski definition) is 4. The van der Waals surface area contributed by atoms with Crippen LogP contribution in [0.2, 0.25) is 0 Å². The second kappa shape index (κ2) is 8.27. The number of aliphatic hydroxyl groups is 1. The molecule has 0 aromatic carbocycles. The van der Waals surface area contributed by atoms with Crippen molar-refractivity contribution < 1.29 is 15.0 Å². The van der Waals surface area contributed by atoms with Crippen LogP contribution >= 0.6 is 11.3 Å². The Hall–Kier alpha value is -0.950. The third kappa shape index (κ3) is 5.69. The zero-order valence-corrected chi connectivity index (χ0v) is 11.9. The van der Waals surface area contributed by atoms with Crippen LogP contribution in [0.15, 0.2) is 17.5 Å². The van der Waals surface area contributed by atoms with Crippen molar-refractivity contribution in [2.45, 2.75) is 44.4 Å². The van der Waals surface area contributed by atoms with Gasteiger partial charge in [-0.3, -0.25) is 4.79 Å². The minimum atomic E-state index is -0.888. The largest absolute Gasteiger partial charge is 0.480 e. The Morgan fingerprint density at radius 1 is 1.58 bits per heavy atom. The zero-order chi connectivity index (χ0) is 14.3. The zero-order valence-electron chi connectivity index (χ0n) is 11.1. The maximum absolute atomic E-state index is 11.0. The number of thiophene rings is 1. The Balaban J connectivity index is 2.36. The van der Waals surface area contributed by atoms with Crippen LogP contribution in [-0.2, 0) is 11.2 Å². The fourth-order valence-corrected chi connectivity index (χ4v) is 2.59. The lowest BCUT2D eigenvalue weighted by Crippen LogP contribution is -2.47. The van der Waals surface area contributed by atoms with Gasteiger partial charge in [0.25, 0.3) is 0 Å². The molecule has 5 nitrogen and oxygen atoms in total. The van der Waals surface area contributed by atoms with Gasteiger partial charge in [0.15, 0.2) is 0 Å². The lowest BCUT2D eigenvalue weighted by molar-refractivity contribution is -0.139. The summed E-state index contributed by atoms with van der Waals surface area (Å²) < 4.78 is 0. The SMILES string of the molecule is CCCC(NCC(O)C(N)Cc1cccs1)C(=O)O. The van der Waals surface area contributed by atoms with Crippen molar-refractivity contribution in [3.05, 3.63) is 22.4 Å². The van der Waals surface area contributed by atoms with Gasteiger partial charge < -0.3 is 21.3 Å². The van der Waals surface area contributed by atoms with E-state index in [9.17, 15) is 9.90 Å². The first-order valence-corrected chi connectivity index (χ1v) is 7.34. The highest BCUT2D eigenvalue weighted by molar-refractivity contribution is 7.09. The minimum absolute atomic E-state index is 0.198. The quantitative estimate of drug-likeness (QED) is 0.539. The number of hydrogen-bond acceptors (Lipinski definition) is 5. The Bertz CT molecular complexity index is 370. The predicted molar refractivity (Wildman–Crippen MR) is 76.3 cm³/mol. The second-order valence-corrected chi connectivity index (χ2v) is 5.63. The molecule has 19 heavy (non-hydrogen) atoms. The van der Waals surface area contributed by atoms with E-state index < -0.39 is 18.1 Å². The van der Waals surface area contributed by atoms with Crippen LogP contribution in [-0.4, -0.2) is 40.9 Å². The molecule has 1 aromatic heterocycles. The second-order valence-electron chi connectivity index (χ2n) is 4.60. The summed E-state index contributed by atoms with van der Waals surface area (Å²) in [6.07, 6.45) is 1.18. The molecule has 0 aliphatic heterocycles. The smallest absolute Gasteiger partial charge is 0.320 e. The Morgan fingerprint density at radius 2 is 2.32 bits per heavy atom. The van der Waals surface area contributed by atoms with Crippen LogP contribution in [0, 0.1) is 0 Å². The van der Waals surface area contributed by atoms with Crippen molar-refractivity contribution >= 4 is 17.3 Å². The molecule has 0 amide bonds. The molecule has 0 fully saturated rings. The van der Waals surface area contributed by atoms with E-state index in [4.69, 9.17) is 10.8 Å². The fourth-order valence-electron chi connectivity index (χ4n) is 1.81. The van der Waals surface area contributed by atoms with E-state index in [1.807, 2.05) is 24.4 Å². The van der Waals surface area contributed by atoms with Crippen molar-refractivity contribution in [2.24, 2.45) is 5.73 Å². The number of carboxylic acid groups (broad SMARTS) is 1. The van der Waals surface area contributed by atoms with E-state index >= 15 is 0 Å². The number of nitrogens with one attached hydrogen (secondary N) is 1. The van der Waals surface area contributed by atoms with Gasteiger partial charge in [0, 0.05) is 17.5 Å². The third-order valence-electron chi connectivity index (χ3n) is 2.96. The normalized spacial score (nSPS) is 15.9. The number of carbonyl (C=O) groups is 1. The summed E-state index contributed by atoms with van der Waals surface area (Å²) in [6.45, 7) is 2.13. The molecule has 1 rings (SSSR count). The van der Waals surface area contributed by atoms with Crippen LogP contribution in [0.25, 0.3) is 0 Å². The Kier molecular flexibility index (Phi) is 7.01. The summed E-state index contributed by atoms with van der Waals surface area (Å²) in [5, 5.41) is 23.8. The highest BCUT2D eigenvalue weighted by Gasteiger charge is 2.20. The maximum atomic E-state index is 11.0. The van der Waals surface area contributed by atoms with Gasteiger partial charge in [-0.1, -0.05) is 19.4 Å². The van der Waals surface area contributed by atoms with E-state index in [0.29, 0.717) is 12.8 Å². The summed E-state index contributed by atoms with van der Waals surface area (Å²) in [6, 6.07) is 2.91. The van der Waals surface area contributed by atoms with E-state index in [0.717, 1.165) is 11.3 Å². The molecule has 6 heteroatoms. The monoisotopic (exact) mass is 286 g/mol. The molecule has 0 spiro atoms. The molecule has 5 N–H and O–H groups in total. The fraction of sp³-hybridized carbons (Fsp3) is 0.615. The lowest BCUT2D eigenvalue weighted by atomic mass is 10.1. The van der Waals surface area contributed by atoms with Gasteiger partial charge >= 0.3 is 5.97 Å². The summed E-state index contributed by atoms with van der Waals surface area (Å²) >= 11 is 1.60. The molecular weight excluding hydrogens is 264 g/mol. The van der Waals surface area contributed by atoms with Crippen molar-refractivity contribution in [3.8, 4) is 0 Å². The van der Waals surface area contributed by atoms with Crippen LogP contribution < -0.4 is 11.1 Å². The topological polar surface area (TPSA) is 95.6 Å². The maximum Gasteiger partial charge on any atom is 0.320 e. The molecule has 0 bridgehead atoms. The first-order valence-electron chi connectivity index (χ1n) is 6.46. The summed E-state index contributed by atoms with van der Waals surface area (Å²) in [7, 11) is 0. The molecule has 0 aliphatic carbocycles. The van der Waals surface area contributed by atoms with Crippen LogP contribution in [0.3, 0.4) is 0 Å². The first kappa shape index (κ1) is 16.1. The molecule has 0 radical (unpaired) electrons. The number of aliphatic hydroxyl groups excluding tert-OH is 1. The molecule has 3 unspecified atom stereocenters. The van der Waals surface area contributed by atoms with Gasteiger partial charge in [0.2, 0.25) is 0 Å². The summed E-state index contributed by atoms with van der Waals surface area (Å²) in [4.78, 5) is 12.1. The van der Waals surface area contributed by atoms with Crippen LogP contribution in [0.1, 0.15) is 24.6 Å². The number of nitrogens with two attached hydrogens (primary N) is 1.